The van der Waals surface area contributed by atoms with Gasteiger partial charge in [-0.05, 0) is 6.42 Å². The molecule has 0 bridgehead atoms. The number of ether oxygens (including phenoxy) is 1. The van der Waals surface area contributed by atoms with Crippen LogP contribution in [0.3, 0.4) is 0 Å². The molecule has 5 N–H and O–H groups in total. The number of hydrogen-bond donors (Lipinski definition) is 5. The van der Waals surface area contributed by atoms with E-state index in [1.165, 1.54) is 0 Å². The zero-order chi connectivity index (χ0) is 15.4. The summed E-state index contributed by atoms with van der Waals surface area (Å²) in [5.74, 6) is -2.23. The molecule has 0 saturated carbocycles. The zero-order valence-electron chi connectivity index (χ0n) is 11.4. The number of carboxylic acids is 1. The minimum atomic E-state index is -1.76. The molecule has 1 rings (SSSR count). The summed E-state index contributed by atoms with van der Waals surface area (Å²) in [6.45, 7) is 3.60. The van der Waals surface area contributed by atoms with Gasteiger partial charge in [-0.25, -0.2) is 4.79 Å². The quantitative estimate of drug-likeness (QED) is 0.413. The molecular formula is C12H21NO7. The molecule has 0 aromatic carbocycles. The average molecular weight is 291 g/mol. The van der Waals surface area contributed by atoms with Crippen LogP contribution in [-0.4, -0.2) is 62.9 Å². The third-order valence-corrected chi connectivity index (χ3v) is 3.31. The van der Waals surface area contributed by atoms with Crippen LogP contribution >= 0.6 is 0 Å². The van der Waals surface area contributed by atoms with Crippen molar-refractivity contribution in [2.75, 3.05) is 0 Å². The molecule has 116 valence electrons. The summed E-state index contributed by atoms with van der Waals surface area (Å²) in [4.78, 5) is 22.7. The standard InChI is InChI=1S/C12H21NO7/c1-3-4-5(2)10(17)13-11-8(16)6(14)7(15)9(20-11)12(18)19/h5-9,11,14-16H,3-4H2,1-2H3,(H,13,17)(H,18,19)/t5?,6-,7-,8+,9-,11+/m0/s1. The molecule has 0 radical (unpaired) electrons. The van der Waals surface area contributed by atoms with Crippen molar-refractivity contribution in [1.82, 2.24) is 5.32 Å². The number of aliphatic hydroxyl groups excluding tert-OH is 3. The van der Waals surface area contributed by atoms with E-state index >= 15 is 0 Å². The Labute approximate surface area is 116 Å². The third kappa shape index (κ3) is 3.66. The lowest BCUT2D eigenvalue weighted by atomic mass is 9.97. The Kier molecular flexibility index (Phi) is 5.88. The Hall–Kier alpha value is -1.22. The number of amides is 1. The molecule has 8 heteroatoms. The molecule has 0 aromatic rings. The first kappa shape index (κ1) is 16.8. The second kappa shape index (κ2) is 6.98. The molecule has 20 heavy (non-hydrogen) atoms. The summed E-state index contributed by atoms with van der Waals surface area (Å²) in [5, 5.41) is 40.0. The molecule has 6 atom stereocenters. The Morgan fingerprint density at radius 1 is 1.20 bits per heavy atom. The Balaban J connectivity index is 2.73. The van der Waals surface area contributed by atoms with Gasteiger partial charge in [-0.2, -0.15) is 0 Å². The van der Waals surface area contributed by atoms with E-state index in [1.54, 1.807) is 6.92 Å². The number of rotatable bonds is 5. The minimum absolute atomic E-state index is 0.330. The first-order valence-electron chi connectivity index (χ1n) is 6.52. The predicted octanol–water partition coefficient (Wildman–Crippen LogP) is -1.57. The second-order valence-electron chi connectivity index (χ2n) is 4.99. The van der Waals surface area contributed by atoms with E-state index in [0.29, 0.717) is 6.42 Å². The largest absolute Gasteiger partial charge is 0.479 e. The number of carboxylic acid groups (broad SMARTS) is 1. The van der Waals surface area contributed by atoms with Gasteiger partial charge in [0.1, 0.15) is 18.3 Å². The summed E-state index contributed by atoms with van der Waals surface area (Å²) in [6, 6.07) is 0. The van der Waals surface area contributed by atoms with E-state index in [9.17, 15) is 24.9 Å². The Morgan fingerprint density at radius 3 is 2.30 bits per heavy atom. The topological polar surface area (TPSA) is 136 Å². The first-order chi connectivity index (χ1) is 9.29. The average Bonchev–Trinajstić information content (AvgIpc) is 2.39. The Morgan fingerprint density at radius 2 is 1.80 bits per heavy atom. The molecule has 1 aliphatic rings. The lowest BCUT2D eigenvalue weighted by molar-refractivity contribution is -0.233. The fourth-order valence-electron chi connectivity index (χ4n) is 2.05. The maximum atomic E-state index is 11.8. The van der Waals surface area contributed by atoms with Gasteiger partial charge in [-0.3, -0.25) is 4.79 Å². The first-order valence-corrected chi connectivity index (χ1v) is 6.52. The van der Waals surface area contributed by atoms with E-state index < -0.39 is 42.5 Å². The third-order valence-electron chi connectivity index (χ3n) is 3.31. The summed E-state index contributed by atoms with van der Waals surface area (Å²) in [5.41, 5.74) is 0. The van der Waals surface area contributed by atoms with E-state index in [0.717, 1.165) is 6.42 Å². The zero-order valence-corrected chi connectivity index (χ0v) is 11.4. The molecule has 0 aliphatic carbocycles. The molecule has 1 aliphatic heterocycles. The smallest absolute Gasteiger partial charge is 0.335 e. The van der Waals surface area contributed by atoms with Crippen LogP contribution in [0, 0.1) is 5.92 Å². The highest BCUT2D eigenvalue weighted by molar-refractivity contribution is 5.78. The van der Waals surface area contributed by atoms with Crippen molar-refractivity contribution in [1.29, 1.82) is 0 Å². The van der Waals surface area contributed by atoms with E-state index in [4.69, 9.17) is 9.84 Å². The molecular weight excluding hydrogens is 270 g/mol. The fraction of sp³-hybridized carbons (Fsp3) is 0.833. The molecule has 1 heterocycles. The van der Waals surface area contributed by atoms with Crippen molar-refractivity contribution in [2.24, 2.45) is 5.92 Å². The van der Waals surface area contributed by atoms with Gasteiger partial charge in [0.15, 0.2) is 12.3 Å². The second-order valence-corrected chi connectivity index (χ2v) is 4.99. The maximum absolute atomic E-state index is 11.8. The monoisotopic (exact) mass is 291 g/mol. The summed E-state index contributed by atoms with van der Waals surface area (Å²) in [6.07, 6.45) is -6.73. The number of nitrogens with one attached hydrogen (secondary N) is 1. The van der Waals surface area contributed by atoms with Crippen LogP contribution in [0.1, 0.15) is 26.7 Å². The predicted molar refractivity (Wildman–Crippen MR) is 66.5 cm³/mol. The molecule has 1 unspecified atom stereocenters. The van der Waals surface area contributed by atoms with Gasteiger partial charge in [-0.15, -0.1) is 0 Å². The van der Waals surface area contributed by atoms with Crippen LogP contribution in [0.2, 0.25) is 0 Å². The van der Waals surface area contributed by atoms with Crippen molar-refractivity contribution in [3.05, 3.63) is 0 Å². The van der Waals surface area contributed by atoms with E-state index in [1.807, 2.05) is 6.92 Å². The lowest BCUT2D eigenvalue weighted by Crippen LogP contribution is -2.64. The van der Waals surface area contributed by atoms with Crippen LogP contribution in [0.15, 0.2) is 0 Å². The van der Waals surface area contributed by atoms with Gasteiger partial charge in [0.05, 0.1) is 0 Å². The number of hydrogen-bond acceptors (Lipinski definition) is 6. The van der Waals surface area contributed by atoms with Gasteiger partial charge in [0.25, 0.3) is 0 Å². The van der Waals surface area contributed by atoms with E-state index in [2.05, 4.69) is 5.32 Å². The van der Waals surface area contributed by atoms with Gasteiger partial charge in [0.2, 0.25) is 5.91 Å². The highest BCUT2D eigenvalue weighted by atomic mass is 16.6. The highest BCUT2D eigenvalue weighted by Crippen LogP contribution is 2.20. The molecule has 0 spiro atoms. The van der Waals surface area contributed by atoms with Crippen LogP contribution in [0.5, 0.6) is 0 Å². The van der Waals surface area contributed by atoms with Crippen LogP contribution in [-0.2, 0) is 14.3 Å². The van der Waals surface area contributed by atoms with Crippen molar-refractivity contribution in [2.45, 2.75) is 57.3 Å². The summed E-state index contributed by atoms with van der Waals surface area (Å²) >= 11 is 0. The van der Waals surface area contributed by atoms with Crippen molar-refractivity contribution in [3.8, 4) is 0 Å². The van der Waals surface area contributed by atoms with Crippen molar-refractivity contribution in [3.63, 3.8) is 0 Å². The number of aliphatic hydroxyl groups is 3. The van der Waals surface area contributed by atoms with Crippen LogP contribution in [0.4, 0.5) is 0 Å². The van der Waals surface area contributed by atoms with Crippen molar-refractivity contribution >= 4 is 11.9 Å². The fourth-order valence-corrected chi connectivity index (χ4v) is 2.05. The number of carbonyl (C=O) groups excluding carboxylic acids is 1. The molecule has 0 aromatic heterocycles. The minimum Gasteiger partial charge on any atom is -0.479 e. The highest BCUT2D eigenvalue weighted by Gasteiger charge is 2.47. The number of aliphatic carboxylic acids is 1. The molecule has 1 saturated heterocycles. The van der Waals surface area contributed by atoms with Crippen molar-refractivity contribution < 1.29 is 34.8 Å². The van der Waals surface area contributed by atoms with Gasteiger partial charge < -0.3 is 30.5 Å². The SMILES string of the molecule is CCCC(C)C(=O)N[C@@H]1O[C@H](C(=O)O)[C@@H](O)[C@H](O)[C@H]1O. The van der Waals surface area contributed by atoms with Crippen LogP contribution in [0.25, 0.3) is 0 Å². The van der Waals surface area contributed by atoms with Crippen LogP contribution < -0.4 is 5.32 Å². The molecule has 8 nitrogen and oxygen atoms in total. The maximum Gasteiger partial charge on any atom is 0.335 e. The summed E-state index contributed by atoms with van der Waals surface area (Å²) < 4.78 is 4.95. The van der Waals surface area contributed by atoms with Gasteiger partial charge in [-0.1, -0.05) is 20.3 Å². The van der Waals surface area contributed by atoms with Gasteiger partial charge >= 0.3 is 5.97 Å². The Bertz CT molecular complexity index is 362. The molecule has 1 amide bonds. The number of carbonyl (C=O) groups is 2. The molecule has 1 fully saturated rings. The van der Waals surface area contributed by atoms with Gasteiger partial charge in [0, 0.05) is 5.92 Å². The van der Waals surface area contributed by atoms with E-state index in [-0.39, 0.29) is 5.92 Å². The lowest BCUT2D eigenvalue weighted by Gasteiger charge is -2.39. The summed E-state index contributed by atoms with van der Waals surface area (Å²) in [7, 11) is 0. The normalized spacial score (nSPS) is 35.4.